The highest BCUT2D eigenvalue weighted by atomic mass is 35.5. The van der Waals surface area contributed by atoms with Crippen LogP contribution >= 0.6 is 22.9 Å². The summed E-state index contributed by atoms with van der Waals surface area (Å²) < 4.78 is 19.0. The number of carbonyl (C=O) groups is 1. The van der Waals surface area contributed by atoms with Gasteiger partial charge in [-0.15, -0.1) is 11.3 Å². The third-order valence-corrected chi connectivity index (χ3v) is 5.55. The Hall–Kier alpha value is -2.14. The third kappa shape index (κ3) is 3.61. The summed E-state index contributed by atoms with van der Waals surface area (Å²) in [6.45, 7) is 2.26. The summed E-state index contributed by atoms with van der Waals surface area (Å²) >= 11 is 6.77. The number of benzene rings is 1. The molecule has 1 aromatic carbocycles. The van der Waals surface area contributed by atoms with Crippen LogP contribution in [0.15, 0.2) is 18.2 Å². The van der Waals surface area contributed by atoms with E-state index >= 15 is 0 Å². The largest absolute Gasteiger partial charge is 0.477 e. The molecule has 0 radical (unpaired) electrons. The zero-order chi connectivity index (χ0) is 18.0. The molecule has 2 heterocycles. The van der Waals surface area contributed by atoms with E-state index in [-0.39, 0.29) is 16.3 Å². The summed E-state index contributed by atoms with van der Waals surface area (Å²) in [6, 6.07) is 6.45. The van der Waals surface area contributed by atoms with E-state index in [1.54, 1.807) is 6.07 Å². The van der Waals surface area contributed by atoms with Crippen molar-refractivity contribution in [2.24, 2.45) is 0 Å². The first kappa shape index (κ1) is 17.7. The van der Waals surface area contributed by atoms with E-state index in [0.717, 1.165) is 11.3 Å². The Labute approximate surface area is 152 Å². The number of morpholine rings is 1. The molecule has 2 aromatic rings. The maximum absolute atomic E-state index is 13.7. The summed E-state index contributed by atoms with van der Waals surface area (Å²) in [7, 11) is 0. The van der Waals surface area contributed by atoms with E-state index in [2.05, 4.69) is 6.07 Å². The molecule has 0 spiro atoms. The molecule has 0 atom stereocenters. The lowest BCUT2D eigenvalue weighted by Crippen LogP contribution is -2.36. The molecule has 1 aliphatic heterocycles. The van der Waals surface area contributed by atoms with Crippen LogP contribution in [0.1, 0.15) is 26.4 Å². The maximum Gasteiger partial charge on any atom is 0.346 e. The first-order valence-electron chi connectivity index (χ1n) is 7.57. The molecule has 1 aromatic heterocycles. The van der Waals surface area contributed by atoms with E-state index in [0.29, 0.717) is 48.0 Å². The van der Waals surface area contributed by atoms with E-state index in [4.69, 9.17) is 16.3 Å². The van der Waals surface area contributed by atoms with Gasteiger partial charge in [-0.25, -0.2) is 9.18 Å². The Morgan fingerprint density at radius 1 is 1.44 bits per heavy atom. The van der Waals surface area contributed by atoms with Crippen molar-refractivity contribution in [1.82, 2.24) is 0 Å². The molecule has 1 fully saturated rings. The van der Waals surface area contributed by atoms with Gasteiger partial charge >= 0.3 is 5.97 Å². The van der Waals surface area contributed by atoms with Gasteiger partial charge in [-0.05, 0) is 17.7 Å². The molecule has 1 saturated heterocycles. The van der Waals surface area contributed by atoms with Crippen LogP contribution in [0.5, 0.6) is 0 Å². The molecule has 8 heteroatoms. The second-order valence-corrected chi connectivity index (χ2v) is 6.94. The molecular formula is C17H14ClFN2O3S. The van der Waals surface area contributed by atoms with Crippen LogP contribution in [-0.2, 0) is 11.2 Å². The SMILES string of the molecule is N#Cc1c(N2CCOCC2)sc(C(=O)O)c1Cc1ccc(Cl)c(F)c1. The van der Waals surface area contributed by atoms with Gasteiger partial charge in [0.2, 0.25) is 0 Å². The lowest BCUT2D eigenvalue weighted by atomic mass is 10.0. The lowest BCUT2D eigenvalue weighted by Gasteiger charge is -2.27. The van der Waals surface area contributed by atoms with Crippen molar-refractivity contribution in [2.75, 3.05) is 31.2 Å². The number of halogens is 2. The predicted molar refractivity (Wildman–Crippen MR) is 93.2 cm³/mol. The number of carboxylic acids is 1. The highest BCUT2D eigenvalue weighted by Gasteiger charge is 2.26. The number of anilines is 1. The predicted octanol–water partition coefficient (Wildman–Crippen LogP) is 3.54. The van der Waals surface area contributed by atoms with Crippen molar-refractivity contribution in [3.8, 4) is 6.07 Å². The number of hydrogen-bond donors (Lipinski definition) is 1. The average molecular weight is 381 g/mol. The van der Waals surface area contributed by atoms with Crippen molar-refractivity contribution in [3.05, 3.63) is 50.6 Å². The summed E-state index contributed by atoms with van der Waals surface area (Å²) in [5, 5.41) is 19.8. The van der Waals surface area contributed by atoms with Crippen molar-refractivity contribution < 1.29 is 19.0 Å². The molecule has 3 rings (SSSR count). The number of ether oxygens (including phenoxy) is 1. The van der Waals surface area contributed by atoms with Crippen LogP contribution in [0.25, 0.3) is 0 Å². The number of aromatic carboxylic acids is 1. The molecule has 1 aliphatic rings. The van der Waals surface area contributed by atoms with Gasteiger partial charge in [0, 0.05) is 25.1 Å². The lowest BCUT2D eigenvalue weighted by molar-refractivity contribution is 0.0701. The first-order chi connectivity index (χ1) is 12.0. The number of rotatable bonds is 4. The Bertz CT molecular complexity index is 856. The fourth-order valence-electron chi connectivity index (χ4n) is 2.75. The third-order valence-electron chi connectivity index (χ3n) is 3.96. The highest BCUT2D eigenvalue weighted by molar-refractivity contribution is 7.18. The Morgan fingerprint density at radius 2 is 2.16 bits per heavy atom. The maximum atomic E-state index is 13.7. The topological polar surface area (TPSA) is 73.6 Å². The minimum absolute atomic E-state index is 0.00189. The van der Waals surface area contributed by atoms with Crippen LogP contribution in [-0.4, -0.2) is 37.4 Å². The standard InChI is InChI=1S/C17H14ClFN2O3S/c18-13-2-1-10(8-14(13)19)7-11-12(9-20)16(25-15(11)17(22)23)21-3-5-24-6-4-21/h1-2,8H,3-7H2,(H,22,23). The summed E-state index contributed by atoms with van der Waals surface area (Å²) in [5.41, 5.74) is 1.30. The summed E-state index contributed by atoms with van der Waals surface area (Å²) in [5.74, 6) is -1.66. The number of nitriles is 1. The van der Waals surface area contributed by atoms with Gasteiger partial charge < -0.3 is 14.7 Å². The summed E-state index contributed by atoms with van der Waals surface area (Å²) in [6.07, 6.45) is 0.152. The van der Waals surface area contributed by atoms with E-state index in [1.165, 1.54) is 12.1 Å². The number of carboxylic acid groups (broad SMARTS) is 1. The number of nitrogens with zero attached hydrogens (tertiary/aromatic N) is 2. The van der Waals surface area contributed by atoms with Gasteiger partial charge in [0.15, 0.2) is 0 Å². The average Bonchev–Trinajstić information content (AvgIpc) is 2.97. The Morgan fingerprint density at radius 3 is 2.76 bits per heavy atom. The van der Waals surface area contributed by atoms with Gasteiger partial charge in [-0.1, -0.05) is 17.7 Å². The van der Waals surface area contributed by atoms with Gasteiger partial charge in [0.1, 0.15) is 21.8 Å². The van der Waals surface area contributed by atoms with Crippen molar-refractivity contribution in [3.63, 3.8) is 0 Å². The van der Waals surface area contributed by atoms with Crippen LogP contribution in [0.4, 0.5) is 9.39 Å². The first-order valence-corrected chi connectivity index (χ1v) is 8.76. The zero-order valence-corrected chi connectivity index (χ0v) is 14.7. The zero-order valence-electron chi connectivity index (χ0n) is 13.1. The molecule has 130 valence electrons. The van der Waals surface area contributed by atoms with Gasteiger partial charge in [0.05, 0.1) is 23.8 Å². The smallest absolute Gasteiger partial charge is 0.346 e. The van der Waals surface area contributed by atoms with E-state index < -0.39 is 11.8 Å². The molecule has 1 N–H and O–H groups in total. The molecule has 25 heavy (non-hydrogen) atoms. The molecule has 5 nitrogen and oxygen atoms in total. The summed E-state index contributed by atoms with van der Waals surface area (Å²) in [4.78, 5) is 13.7. The van der Waals surface area contributed by atoms with Crippen LogP contribution < -0.4 is 4.90 Å². The van der Waals surface area contributed by atoms with Crippen molar-refractivity contribution in [2.45, 2.75) is 6.42 Å². The highest BCUT2D eigenvalue weighted by Crippen LogP contribution is 2.37. The molecule has 0 aliphatic carbocycles. The Balaban J connectivity index is 2.04. The van der Waals surface area contributed by atoms with Crippen LogP contribution in [0, 0.1) is 17.1 Å². The minimum Gasteiger partial charge on any atom is -0.477 e. The normalized spacial score (nSPS) is 14.4. The molecule has 0 unspecified atom stereocenters. The van der Waals surface area contributed by atoms with Gasteiger partial charge in [-0.2, -0.15) is 5.26 Å². The number of hydrogen-bond acceptors (Lipinski definition) is 5. The fourth-order valence-corrected chi connectivity index (χ4v) is 4.03. The van der Waals surface area contributed by atoms with Gasteiger partial charge in [-0.3, -0.25) is 0 Å². The van der Waals surface area contributed by atoms with Gasteiger partial charge in [0.25, 0.3) is 0 Å². The molecule has 0 bridgehead atoms. The second kappa shape index (κ2) is 7.40. The Kier molecular flexibility index (Phi) is 5.23. The molecular weight excluding hydrogens is 367 g/mol. The fraction of sp³-hybridized carbons (Fsp3) is 0.294. The quantitative estimate of drug-likeness (QED) is 0.878. The monoisotopic (exact) mass is 380 g/mol. The van der Waals surface area contributed by atoms with Crippen LogP contribution in [0.3, 0.4) is 0 Å². The van der Waals surface area contributed by atoms with E-state index in [1.807, 2.05) is 4.90 Å². The van der Waals surface area contributed by atoms with Crippen molar-refractivity contribution in [1.29, 1.82) is 5.26 Å². The van der Waals surface area contributed by atoms with Crippen LogP contribution in [0.2, 0.25) is 5.02 Å². The second-order valence-electron chi connectivity index (χ2n) is 5.53. The molecule has 0 amide bonds. The van der Waals surface area contributed by atoms with Crippen molar-refractivity contribution >= 4 is 33.9 Å². The number of thiophene rings is 1. The molecule has 0 saturated carbocycles. The minimum atomic E-state index is -1.09. The van der Waals surface area contributed by atoms with E-state index in [9.17, 15) is 19.6 Å².